The first-order chi connectivity index (χ1) is 14.5. The fraction of sp³-hybridized carbons (Fsp3) is 0.158. The summed E-state index contributed by atoms with van der Waals surface area (Å²) >= 11 is 0. The van der Waals surface area contributed by atoms with E-state index in [2.05, 4.69) is 15.3 Å². The number of benzene rings is 1. The first kappa shape index (κ1) is 22.2. The van der Waals surface area contributed by atoms with Gasteiger partial charge >= 0.3 is 6.18 Å². The van der Waals surface area contributed by atoms with Crippen LogP contribution >= 0.6 is 0 Å². The van der Waals surface area contributed by atoms with E-state index in [4.69, 9.17) is 0 Å². The summed E-state index contributed by atoms with van der Waals surface area (Å²) in [4.78, 5) is 32.7. The van der Waals surface area contributed by atoms with Gasteiger partial charge in [-0.1, -0.05) is 6.07 Å². The van der Waals surface area contributed by atoms with E-state index < -0.39 is 38.7 Å². The summed E-state index contributed by atoms with van der Waals surface area (Å²) < 4.78 is 62.6. The van der Waals surface area contributed by atoms with Gasteiger partial charge in [-0.2, -0.15) is 13.2 Å². The monoisotopic (exact) mass is 452 g/mol. The minimum Gasteiger partial charge on any atom is -0.345 e. The summed E-state index contributed by atoms with van der Waals surface area (Å²) in [6, 6.07) is 6.82. The molecule has 0 saturated heterocycles. The lowest BCUT2D eigenvalue weighted by Crippen LogP contribution is -2.33. The van der Waals surface area contributed by atoms with Crippen molar-refractivity contribution in [1.82, 2.24) is 19.9 Å². The second kappa shape index (κ2) is 8.30. The Morgan fingerprint density at radius 1 is 1.16 bits per heavy atom. The molecule has 0 radical (unpaired) electrons. The number of rotatable bonds is 5. The summed E-state index contributed by atoms with van der Waals surface area (Å²) in [5, 5.41) is 2.42. The number of nitrogens with zero attached hydrogens (tertiary/aromatic N) is 3. The Hall–Kier alpha value is -3.54. The molecule has 2 aromatic heterocycles. The molecule has 0 fully saturated rings. The van der Waals surface area contributed by atoms with Crippen molar-refractivity contribution in [1.29, 1.82) is 0 Å². The number of pyridine rings is 1. The number of carbonyl (C=O) groups excluding carboxylic acids is 1. The number of halogens is 3. The number of carbonyl (C=O) groups is 1. The van der Waals surface area contributed by atoms with E-state index >= 15 is 0 Å². The number of sulfone groups is 1. The molecule has 0 saturated carbocycles. The number of hydrogen-bond donors (Lipinski definition) is 1. The molecule has 3 rings (SSSR count). The van der Waals surface area contributed by atoms with Gasteiger partial charge in [0.1, 0.15) is 0 Å². The quantitative estimate of drug-likeness (QED) is 0.634. The van der Waals surface area contributed by atoms with Crippen molar-refractivity contribution >= 4 is 15.7 Å². The third kappa shape index (κ3) is 5.15. The van der Waals surface area contributed by atoms with Crippen LogP contribution in [0.25, 0.3) is 5.69 Å². The molecule has 0 aliphatic carbocycles. The Bertz CT molecular complexity index is 1290. The minimum atomic E-state index is -4.59. The molecule has 0 atom stereocenters. The molecule has 8 nitrogen and oxygen atoms in total. The van der Waals surface area contributed by atoms with E-state index in [1.807, 2.05) is 0 Å². The van der Waals surface area contributed by atoms with E-state index in [1.54, 1.807) is 0 Å². The zero-order chi connectivity index (χ0) is 22.8. The van der Waals surface area contributed by atoms with Crippen LogP contribution in [0.2, 0.25) is 0 Å². The van der Waals surface area contributed by atoms with Gasteiger partial charge in [-0.05, 0) is 30.3 Å². The molecule has 12 heteroatoms. The van der Waals surface area contributed by atoms with Gasteiger partial charge in [-0.3, -0.25) is 19.1 Å². The number of aromatic nitrogens is 3. The van der Waals surface area contributed by atoms with Crippen LogP contribution in [0.4, 0.5) is 13.2 Å². The number of alkyl halides is 3. The van der Waals surface area contributed by atoms with E-state index in [0.29, 0.717) is 5.69 Å². The molecule has 0 aliphatic rings. The van der Waals surface area contributed by atoms with Crippen LogP contribution in [-0.4, -0.2) is 35.1 Å². The minimum absolute atomic E-state index is 0.0104. The molecule has 1 N–H and O–H groups in total. The maximum Gasteiger partial charge on any atom is 0.416 e. The molecular weight excluding hydrogens is 437 g/mol. The summed E-state index contributed by atoms with van der Waals surface area (Å²) in [5.74, 6) is -0.861. The first-order valence-electron chi connectivity index (χ1n) is 8.65. The standard InChI is InChI=1S/C19H15F3N4O4S/c1-31(29,30)15-6-5-13(24-11-15)10-25-17(27)16-18(28)26(8-7-23-16)14-4-2-3-12(9-14)19(20,21)22/h2-9,11H,10H2,1H3,(H,25,27). The van der Waals surface area contributed by atoms with Crippen LogP contribution in [0.1, 0.15) is 21.7 Å². The van der Waals surface area contributed by atoms with E-state index in [-0.39, 0.29) is 17.1 Å². The topological polar surface area (TPSA) is 111 Å². The molecular formula is C19H15F3N4O4S. The largest absolute Gasteiger partial charge is 0.416 e. The van der Waals surface area contributed by atoms with Gasteiger partial charge in [-0.25, -0.2) is 13.4 Å². The first-order valence-corrected chi connectivity index (χ1v) is 10.5. The third-order valence-corrected chi connectivity index (χ3v) is 5.26. The lowest BCUT2D eigenvalue weighted by atomic mass is 10.2. The second-order valence-corrected chi connectivity index (χ2v) is 8.45. The number of amides is 1. The van der Waals surface area contributed by atoms with Crippen LogP contribution in [0.15, 0.2) is 64.7 Å². The van der Waals surface area contributed by atoms with Gasteiger partial charge in [0, 0.05) is 30.5 Å². The molecule has 1 aromatic carbocycles. The Morgan fingerprint density at radius 3 is 2.52 bits per heavy atom. The maximum atomic E-state index is 12.9. The summed E-state index contributed by atoms with van der Waals surface area (Å²) in [6.07, 6.45) is -0.150. The number of nitrogens with one attached hydrogen (secondary N) is 1. The Morgan fingerprint density at radius 2 is 1.90 bits per heavy atom. The lowest BCUT2D eigenvalue weighted by Gasteiger charge is -2.11. The highest BCUT2D eigenvalue weighted by atomic mass is 32.2. The van der Waals surface area contributed by atoms with Crippen molar-refractivity contribution in [3.8, 4) is 5.69 Å². The average molecular weight is 452 g/mol. The SMILES string of the molecule is CS(=O)(=O)c1ccc(CNC(=O)c2nccn(-c3cccc(C(F)(F)F)c3)c2=O)nc1. The fourth-order valence-electron chi connectivity index (χ4n) is 2.59. The zero-order valence-electron chi connectivity index (χ0n) is 15.9. The fourth-order valence-corrected chi connectivity index (χ4v) is 3.15. The molecule has 2 heterocycles. The Kier molecular flexibility index (Phi) is 5.93. The predicted molar refractivity (Wildman–Crippen MR) is 103 cm³/mol. The molecule has 0 bridgehead atoms. The number of hydrogen-bond acceptors (Lipinski definition) is 6. The molecule has 1 amide bonds. The van der Waals surface area contributed by atoms with Crippen LogP contribution in [-0.2, 0) is 22.6 Å². The summed E-state index contributed by atoms with van der Waals surface area (Å²) in [5.41, 5.74) is -2.11. The summed E-state index contributed by atoms with van der Waals surface area (Å²) in [7, 11) is -3.42. The molecule has 162 valence electrons. The highest BCUT2D eigenvalue weighted by molar-refractivity contribution is 7.90. The smallest absolute Gasteiger partial charge is 0.345 e. The highest BCUT2D eigenvalue weighted by Crippen LogP contribution is 2.30. The molecule has 3 aromatic rings. The molecule has 31 heavy (non-hydrogen) atoms. The van der Waals surface area contributed by atoms with Crippen LogP contribution in [0.3, 0.4) is 0 Å². The van der Waals surface area contributed by atoms with Gasteiger partial charge in [0.2, 0.25) is 0 Å². The maximum absolute atomic E-state index is 12.9. The summed E-state index contributed by atoms with van der Waals surface area (Å²) in [6.45, 7) is -0.123. The van der Waals surface area contributed by atoms with Gasteiger partial charge in [0.15, 0.2) is 15.5 Å². The zero-order valence-corrected chi connectivity index (χ0v) is 16.7. The van der Waals surface area contributed by atoms with Crippen molar-refractivity contribution in [3.63, 3.8) is 0 Å². The Labute approximate surface area is 174 Å². The van der Waals surface area contributed by atoms with Crippen molar-refractivity contribution in [2.75, 3.05) is 6.26 Å². The Balaban J connectivity index is 1.81. The normalized spacial score (nSPS) is 11.9. The third-order valence-electron chi connectivity index (χ3n) is 4.16. The van der Waals surface area contributed by atoms with Gasteiger partial charge in [-0.15, -0.1) is 0 Å². The van der Waals surface area contributed by atoms with E-state index in [9.17, 15) is 31.2 Å². The highest BCUT2D eigenvalue weighted by Gasteiger charge is 2.30. The van der Waals surface area contributed by atoms with E-state index in [1.165, 1.54) is 18.2 Å². The molecule has 0 spiro atoms. The van der Waals surface area contributed by atoms with Crippen molar-refractivity contribution in [2.24, 2.45) is 0 Å². The van der Waals surface area contributed by atoms with Crippen molar-refractivity contribution < 1.29 is 26.4 Å². The van der Waals surface area contributed by atoms with Crippen LogP contribution in [0, 0.1) is 0 Å². The van der Waals surface area contributed by atoms with Gasteiger partial charge in [0.05, 0.1) is 22.7 Å². The van der Waals surface area contributed by atoms with Crippen LogP contribution < -0.4 is 10.9 Å². The molecule has 0 unspecified atom stereocenters. The van der Waals surface area contributed by atoms with Crippen molar-refractivity contribution in [3.05, 3.63) is 82.3 Å². The van der Waals surface area contributed by atoms with Crippen LogP contribution in [0.5, 0.6) is 0 Å². The molecule has 0 aliphatic heterocycles. The van der Waals surface area contributed by atoms with Crippen molar-refractivity contribution in [2.45, 2.75) is 17.6 Å². The average Bonchev–Trinajstić information content (AvgIpc) is 2.71. The predicted octanol–water partition coefficient (Wildman–Crippen LogP) is 1.98. The second-order valence-electron chi connectivity index (χ2n) is 6.44. The van der Waals surface area contributed by atoms with Gasteiger partial charge in [0.25, 0.3) is 11.5 Å². The lowest BCUT2D eigenvalue weighted by molar-refractivity contribution is -0.137. The van der Waals surface area contributed by atoms with Gasteiger partial charge < -0.3 is 5.32 Å². The van der Waals surface area contributed by atoms with E-state index in [0.717, 1.165) is 47.6 Å².